The van der Waals surface area contributed by atoms with Crippen molar-refractivity contribution in [1.29, 1.82) is 0 Å². The third-order valence-corrected chi connectivity index (χ3v) is 4.72. The van der Waals surface area contributed by atoms with Crippen molar-refractivity contribution in [2.45, 2.75) is 26.5 Å². The maximum Gasteiger partial charge on any atom is 0.348 e. The van der Waals surface area contributed by atoms with Gasteiger partial charge in [0.2, 0.25) is 0 Å². The molecular weight excluding hydrogens is 354 g/mol. The third-order valence-electron chi connectivity index (χ3n) is 2.75. The Morgan fingerprint density at radius 3 is 2.17 bits per heavy atom. The number of rotatable bonds is 9. The molecular formula is C15H21NO6S2. The Balaban J connectivity index is 3.04. The first-order valence-corrected chi connectivity index (χ1v) is 9.41. The van der Waals surface area contributed by atoms with Gasteiger partial charge in [-0.05, 0) is 20.8 Å². The Bertz CT molecular complexity index is 599. The minimum absolute atomic E-state index is 0.105. The van der Waals surface area contributed by atoms with Crippen molar-refractivity contribution in [3.05, 3.63) is 16.0 Å². The fourth-order valence-corrected chi connectivity index (χ4v) is 3.75. The van der Waals surface area contributed by atoms with E-state index in [1.165, 1.54) is 11.8 Å². The van der Waals surface area contributed by atoms with Crippen LogP contribution >= 0.6 is 23.1 Å². The maximum absolute atomic E-state index is 12.1. The number of carbonyl (C=O) groups excluding carboxylic acids is 3. The van der Waals surface area contributed by atoms with E-state index in [0.29, 0.717) is 12.2 Å². The molecule has 2 N–H and O–H groups in total. The van der Waals surface area contributed by atoms with E-state index in [1.54, 1.807) is 20.8 Å². The number of carbonyl (C=O) groups is 3. The lowest BCUT2D eigenvalue weighted by molar-refractivity contribution is -0.139. The number of thioether (sulfide) groups is 1. The molecule has 1 heterocycles. The van der Waals surface area contributed by atoms with Crippen LogP contribution in [0.4, 0.5) is 5.00 Å². The molecule has 1 rings (SSSR count). The molecule has 0 radical (unpaired) electrons. The summed E-state index contributed by atoms with van der Waals surface area (Å²) in [7, 11) is 0. The van der Waals surface area contributed by atoms with Crippen molar-refractivity contribution in [3.63, 3.8) is 0 Å². The van der Waals surface area contributed by atoms with Gasteiger partial charge in [0.15, 0.2) is 0 Å². The average Bonchev–Trinajstić information content (AvgIpc) is 2.85. The largest absolute Gasteiger partial charge is 0.465 e. The molecule has 7 nitrogen and oxygen atoms in total. The second-order valence-corrected chi connectivity index (χ2v) is 6.43. The average molecular weight is 375 g/mol. The topological polar surface area (TPSA) is 105 Å². The predicted molar refractivity (Wildman–Crippen MR) is 93.4 cm³/mol. The van der Waals surface area contributed by atoms with Gasteiger partial charge in [-0.15, -0.1) is 23.1 Å². The van der Waals surface area contributed by atoms with Crippen LogP contribution in [0.15, 0.2) is 0 Å². The summed E-state index contributed by atoms with van der Waals surface area (Å²) in [6.07, 6.45) is 0. The van der Waals surface area contributed by atoms with Gasteiger partial charge in [0.1, 0.15) is 9.88 Å². The second kappa shape index (κ2) is 10.2. The molecule has 0 atom stereocenters. The van der Waals surface area contributed by atoms with E-state index in [1.807, 2.05) is 0 Å². The second-order valence-electron chi connectivity index (χ2n) is 4.39. The molecule has 1 aromatic rings. The van der Waals surface area contributed by atoms with Crippen molar-refractivity contribution in [3.8, 4) is 0 Å². The molecule has 0 saturated heterocycles. The zero-order valence-corrected chi connectivity index (χ0v) is 15.5. The van der Waals surface area contributed by atoms with Gasteiger partial charge in [0.25, 0.3) is 0 Å². The molecule has 0 amide bonds. The van der Waals surface area contributed by atoms with Gasteiger partial charge in [-0.25, -0.2) is 9.59 Å². The molecule has 0 unspecified atom stereocenters. The van der Waals surface area contributed by atoms with Crippen LogP contribution in [0.1, 0.15) is 46.4 Å². The molecule has 134 valence electrons. The lowest BCUT2D eigenvalue weighted by atomic mass is 10.1. The molecule has 0 bridgehead atoms. The zero-order valence-electron chi connectivity index (χ0n) is 13.9. The molecule has 24 heavy (non-hydrogen) atoms. The Kier molecular flexibility index (Phi) is 8.62. The highest BCUT2D eigenvalue weighted by Gasteiger charge is 2.27. The Hall–Kier alpha value is -1.74. The van der Waals surface area contributed by atoms with Crippen molar-refractivity contribution in [2.24, 2.45) is 0 Å². The summed E-state index contributed by atoms with van der Waals surface area (Å²) in [5.41, 5.74) is 6.50. The van der Waals surface area contributed by atoms with Crippen molar-refractivity contribution < 1.29 is 28.6 Å². The van der Waals surface area contributed by atoms with Gasteiger partial charge < -0.3 is 19.9 Å². The van der Waals surface area contributed by atoms with Crippen molar-refractivity contribution in [2.75, 3.05) is 31.3 Å². The SMILES string of the molecule is CCOC(=O)CSCc1c(C(=O)OCC)sc(N)c1C(=O)OCC. The van der Waals surface area contributed by atoms with Crippen LogP contribution in [0.25, 0.3) is 0 Å². The van der Waals surface area contributed by atoms with Crippen LogP contribution in [0.3, 0.4) is 0 Å². The van der Waals surface area contributed by atoms with Gasteiger partial charge in [-0.3, -0.25) is 4.79 Å². The summed E-state index contributed by atoms with van der Waals surface area (Å²) in [5.74, 6) is -1.14. The normalized spacial score (nSPS) is 10.3. The first kappa shape index (κ1) is 20.3. The molecule has 1 aromatic heterocycles. The Morgan fingerprint density at radius 2 is 1.58 bits per heavy atom. The van der Waals surface area contributed by atoms with Gasteiger partial charge in [0.05, 0.1) is 31.1 Å². The van der Waals surface area contributed by atoms with E-state index in [2.05, 4.69) is 0 Å². The first-order valence-electron chi connectivity index (χ1n) is 7.44. The number of anilines is 1. The number of hydrogen-bond acceptors (Lipinski definition) is 9. The number of nitrogen functional groups attached to an aromatic ring is 1. The fraction of sp³-hybridized carbons (Fsp3) is 0.533. The Morgan fingerprint density at radius 1 is 1.00 bits per heavy atom. The minimum atomic E-state index is -0.589. The molecule has 9 heteroatoms. The van der Waals surface area contributed by atoms with Crippen LogP contribution in [0.5, 0.6) is 0 Å². The number of hydrogen-bond donors (Lipinski definition) is 1. The molecule has 0 aliphatic carbocycles. The van der Waals surface area contributed by atoms with Crippen LogP contribution in [0.2, 0.25) is 0 Å². The monoisotopic (exact) mass is 375 g/mol. The maximum atomic E-state index is 12.1. The summed E-state index contributed by atoms with van der Waals surface area (Å²) >= 11 is 2.21. The zero-order chi connectivity index (χ0) is 18.1. The van der Waals surface area contributed by atoms with Crippen LogP contribution in [-0.2, 0) is 24.8 Å². The van der Waals surface area contributed by atoms with E-state index >= 15 is 0 Å². The fourth-order valence-electron chi connectivity index (χ4n) is 1.85. The highest BCUT2D eigenvalue weighted by Crippen LogP contribution is 2.35. The first-order chi connectivity index (χ1) is 11.5. The van der Waals surface area contributed by atoms with Crippen LogP contribution in [0, 0.1) is 0 Å². The summed E-state index contributed by atoms with van der Waals surface area (Å²) < 4.78 is 14.9. The van der Waals surface area contributed by atoms with E-state index in [4.69, 9.17) is 19.9 Å². The summed E-state index contributed by atoms with van der Waals surface area (Å²) in [5, 5.41) is 0.197. The third kappa shape index (κ3) is 5.41. The number of nitrogens with two attached hydrogens (primary N) is 1. The smallest absolute Gasteiger partial charge is 0.348 e. The molecule has 0 aliphatic rings. The molecule has 0 aromatic carbocycles. The Labute approximate surface area is 148 Å². The van der Waals surface area contributed by atoms with Crippen molar-refractivity contribution >= 4 is 46.0 Å². The lowest BCUT2D eigenvalue weighted by Gasteiger charge is -2.07. The molecule has 0 spiro atoms. The van der Waals surface area contributed by atoms with Gasteiger partial charge in [-0.1, -0.05) is 0 Å². The van der Waals surface area contributed by atoms with Gasteiger partial charge >= 0.3 is 17.9 Å². The summed E-state index contributed by atoms with van der Waals surface area (Å²) in [6.45, 7) is 5.80. The summed E-state index contributed by atoms with van der Waals surface area (Å²) in [4.78, 5) is 35.9. The standard InChI is InChI=1S/C15H21NO6S2/c1-4-20-10(17)8-23-7-9-11(14(18)21-5-2)13(16)24-12(9)15(19)22-6-3/h4-8,16H2,1-3H3. The molecule has 0 saturated carbocycles. The minimum Gasteiger partial charge on any atom is -0.465 e. The number of ether oxygens (including phenoxy) is 3. The van der Waals surface area contributed by atoms with E-state index in [0.717, 1.165) is 11.3 Å². The van der Waals surface area contributed by atoms with Crippen LogP contribution < -0.4 is 5.73 Å². The highest BCUT2D eigenvalue weighted by molar-refractivity contribution is 7.99. The molecule has 0 aliphatic heterocycles. The lowest BCUT2D eigenvalue weighted by Crippen LogP contribution is -2.12. The highest BCUT2D eigenvalue weighted by atomic mass is 32.2. The van der Waals surface area contributed by atoms with Crippen LogP contribution in [-0.4, -0.2) is 43.5 Å². The predicted octanol–water partition coefficient (Wildman–Crippen LogP) is 2.48. The quantitative estimate of drug-likeness (QED) is 0.518. The number of esters is 3. The number of thiophene rings is 1. The summed E-state index contributed by atoms with van der Waals surface area (Å²) in [6, 6.07) is 0. The molecule has 0 fully saturated rings. The van der Waals surface area contributed by atoms with E-state index in [9.17, 15) is 14.4 Å². The van der Waals surface area contributed by atoms with Gasteiger partial charge in [0, 0.05) is 11.3 Å². The van der Waals surface area contributed by atoms with Crippen molar-refractivity contribution in [1.82, 2.24) is 0 Å². The van der Waals surface area contributed by atoms with E-state index in [-0.39, 0.29) is 46.1 Å². The van der Waals surface area contributed by atoms with E-state index < -0.39 is 11.9 Å². The van der Waals surface area contributed by atoms with Gasteiger partial charge in [-0.2, -0.15) is 0 Å².